The molecule has 132 valence electrons. The van der Waals surface area contributed by atoms with E-state index < -0.39 is 0 Å². The van der Waals surface area contributed by atoms with Crippen LogP contribution in [0.5, 0.6) is 0 Å². The van der Waals surface area contributed by atoms with Crippen LogP contribution in [-0.4, -0.2) is 21.4 Å². The predicted molar refractivity (Wildman–Crippen MR) is 99.7 cm³/mol. The highest BCUT2D eigenvalue weighted by atomic mass is 16.2. The number of imidazole rings is 1. The van der Waals surface area contributed by atoms with Crippen molar-refractivity contribution in [2.24, 2.45) is 0 Å². The third-order valence-electron chi connectivity index (χ3n) is 3.85. The van der Waals surface area contributed by atoms with Gasteiger partial charge in [-0.25, -0.2) is 4.98 Å². The summed E-state index contributed by atoms with van der Waals surface area (Å²) in [6.45, 7) is 2.64. The normalized spacial score (nSPS) is 10.3. The Hall–Kier alpha value is -3.41. The van der Waals surface area contributed by atoms with Crippen molar-refractivity contribution < 1.29 is 9.59 Å². The molecular weight excluding hydrogens is 328 g/mol. The summed E-state index contributed by atoms with van der Waals surface area (Å²) in [5, 5.41) is 5.57. The van der Waals surface area contributed by atoms with Crippen molar-refractivity contribution in [1.29, 1.82) is 0 Å². The van der Waals surface area contributed by atoms with E-state index in [1.54, 1.807) is 36.8 Å². The zero-order valence-corrected chi connectivity index (χ0v) is 14.5. The fourth-order valence-corrected chi connectivity index (χ4v) is 2.58. The summed E-state index contributed by atoms with van der Waals surface area (Å²) < 4.78 is 2.00. The van der Waals surface area contributed by atoms with E-state index >= 15 is 0 Å². The molecule has 0 spiro atoms. The average molecular weight is 348 g/mol. The Bertz CT molecular complexity index is 886. The predicted octanol–water partition coefficient (Wildman–Crippen LogP) is 2.82. The first-order chi connectivity index (χ1) is 12.6. The van der Waals surface area contributed by atoms with Crippen LogP contribution in [0.3, 0.4) is 0 Å². The largest absolute Gasteiger partial charge is 0.348 e. The zero-order valence-electron chi connectivity index (χ0n) is 14.5. The van der Waals surface area contributed by atoms with Gasteiger partial charge in [0.2, 0.25) is 5.91 Å². The summed E-state index contributed by atoms with van der Waals surface area (Å²) in [4.78, 5) is 27.4. The molecule has 1 heterocycles. The van der Waals surface area contributed by atoms with Crippen LogP contribution in [0.4, 0.5) is 5.69 Å². The molecule has 1 aromatic heterocycles. The Morgan fingerprint density at radius 3 is 2.54 bits per heavy atom. The summed E-state index contributed by atoms with van der Waals surface area (Å²) in [5.74, 6) is -0.349. The molecule has 26 heavy (non-hydrogen) atoms. The first-order valence-corrected chi connectivity index (χ1v) is 8.29. The SMILES string of the molecule is CC(=O)Nc1cccc(C(=O)NCc2ccc(Cn3ccnc3)cc2)c1. The fourth-order valence-electron chi connectivity index (χ4n) is 2.58. The van der Waals surface area contributed by atoms with Crippen LogP contribution in [0.25, 0.3) is 0 Å². The van der Waals surface area contributed by atoms with Crippen molar-refractivity contribution in [3.05, 3.63) is 83.9 Å². The van der Waals surface area contributed by atoms with Gasteiger partial charge in [0, 0.05) is 43.7 Å². The number of nitrogens with one attached hydrogen (secondary N) is 2. The van der Waals surface area contributed by atoms with Crippen LogP contribution in [0.15, 0.2) is 67.3 Å². The average Bonchev–Trinajstić information content (AvgIpc) is 3.13. The van der Waals surface area contributed by atoms with E-state index in [0.717, 1.165) is 12.1 Å². The standard InChI is InChI=1S/C20H20N4O2/c1-15(25)23-19-4-2-3-18(11-19)20(26)22-12-16-5-7-17(8-6-16)13-24-10-9-21-14-24/h2-11,14H,12-13H2,1H3,(H,22,26)(H,23,25). The Labute approximate surface area is 151 Å². The lowest BCUT2D eigenvalue weighted by Crippen LogP contribution is -2.23. The molecule has 2 N–H and O–H groups in total. The molecule has 6 nitrogen and oxygen atoms in total. The molecule has 2 aromatic carbocycles. The minimum absolute atomic E-state index is 0.168. The Balaban J connectivity index is 1.56. The second-order valence-corrected chi connectivity index (χ2v) is 6.00. The highest BCUT2D eigenvalue weighted by Crippen LogP contribution is 2.11. The fraction of sp³-hybridized carbons (Fsp3) is 0.150. The minimum Gasteiger partial charge on any atom is -0.348 e. The van der Waals surface area contributed by atoms with Crippen molar-refractivity contribution in [2.75, 3.05) is 5.32 Å². The van der Waals surface area contributed by atoms with E-state index in [-0.39, 0.29) is 11.8 Å². The quantitative estimate of drug-likeness (QED) is 0.719. The molecule has 0 bridgehead atoms. The first kappa shape index (κ1) is 17.4. The van der Waals surface area contributed by atoms with Gasteiger partial charge in [0.05, 0.1) is 6.33 Å². The topological polar surface area (TPSA) is 76.0 Å². The van der Waals surface area contributed by atoms with Crippen LogP contribution >= 0.6 is 0 Å². The molecule has 6 heteroatoms. The Morgan fingerprint density at radius 2 is 1.85 bits per heavy atom. The van der Waals surface area contributed by atoms with Gasteiger partial charge in [-0.15, -0.1) is 0 Å². The second kappa shape index (κ2) is 8.11. The molecule has 3 rings (SSSR count). The molecule has 0 unspecified atom stereocenters. The van der Waals surface area contributed by atoms with Gasteiger partial charge in [0.1, 0.15) is 0 Å². The van der Waals surface area contributed by atoms with Crippen LogP contribution in [0.2, 0.25) is 0 Å². The van der Waals surface area contributed by atoms with Gasteiger partial charge in [-0.2, -0.15) is 0 Å². The molecule has 0 aliphatic heterocycles. The maximum atomic E-state index is 12.3. The highest BCUT2D eigenvalue weighted by Gasteiger charge is 2.07. The van der Waals surface area contributed by atoms with Gasteiger partial charge in [0.25, 0.3) is 5.91 Å². The zero-order chi connectivity index (χ0) is 18.4. The van der Waals surface area contributed by atoms with E-state index in [1.165, 1.54) is 12.5 Å². The van der Waals surface area contributed by atoms with Crippen molar-refractivity contribution in [1.82, 2.24) is 14.9 Å². The lowest BCUT2D eigenvalue weighted by atomic mass is 10.1. The van der Waals surface area contributed by atoms with Crippen LogP contribution in [-0.2, 0) is 17.9 Å². The Morgan fingerprint density at radius 1 is 1.08 bits per heavy atom. The molecular formula is C20H20N4O2. The van der Waals surface area contributed by atoms with Gasteiger partial charge in [-0.1, -0.05) is 30.3 Å². The van der Waals surface area contributed by atoms with Gasteiger partial charge in [-0.3, -0.25) is 9.59 Å². The maximum Gasteiger partial charge on any atom is 0.251 e. The van der Waals surface area contributed by atoms with E-state index in [9.17, 15) is 9.59 Å². The van der Waals surface area contributed by atoms with E-state index in [4.69, 9.17) is 0 Å². The maximum absolute atomic E-state index is 12.3. The molecule has 0 saturated heterocycles. The smallest absolute Gasteiger partial charge is 0.251 e. The van der Waals surface area contributed by atoms with Gasteiger partial charge in [-0.05, 0) is 29.3 Å². The summed E-state index contributed by atoms with van der Waals surface area (Å²) in [6, 6.07) is 14.9. The summed E-state index contributed by atoms with van der Waals surface area (Å²) in [5.41, 5.74) is 3.30. The van der Waals surface area contributed by atoms with Crippen molar-refractivity contribution in [3.63, 3.8) is 0 Å². The number of carbonyl (C=O) groups is 2. The number of amides is 2. The van der Waals surface area contributed by atoms with Gasteiger partial charge < -0.3 is 15.2 Å². The number of aromatic nitrogens is 2. The molecule has 0 aliphatic rings. The third-order valence-corrected chi connectivity index (χ3v) is 3.85. The van der Waals surface area contributed by atoms with Gasteiger partial charge >= 0.3 is 0 Å². The number of hydrogen-bond acceptors (Lipinski definition) is 3. The molecule has 0 saturated carbocycles. The Kier molecular flexibility index (Phi) is 5.43. The van der Waals surface area contributed by atoms with E-state index in [1.807, 2.05) is 35.0 Å². The van der Waals surface area contributed by atoms with Gasteiger partial charge in [0.15, 0.2) is 0 Å². The molecule has 0 aliphatic carbocycles. The van der Waals surface area contributed by atoms with Crippen LogP contribution in [0, 0.1) is 0 Å². The monoisotopic (exact) mass is 348 g/mol. The highest BCUT2D eigenvalue weighted by molar-refractivity contribution is 5.96. The summed E-state index contributed by atoms with van der Waals surface area (Å²) in [6.07, 6.45) is 5.46. The minimum atomic E-state index is -0.181. The number of anilines is 1. The van der Waals surface area contributed by atoms with Crippen molar-refractivity contribution in [2.45, 2.75) is 20.0 Å². The number of nitrogens with zero attached hydrogens (tertiary/aromatic N) is 2. The molecule has 0 atom stereocenters. The van der Waals surface area contributed by atoms with Crippen molar-refractivity contribution >= 4 is 17.5 Å². The van der Waals surface area contributed by atoms with E-state index in [0.29, 0.717) is 17.8 Å². The summed E-state index contributed by atoms with van der Waals surface area (Å²) in [7, 11) is 0. The third kappa shape index (κ3) is 4.80. The van der Waals surface area contributed by atoms with Crippen molar-refractivity contribution in [3.8, 4) is 0 Å². The molecule has 0 radical (unpaired) electrons. The lowest BCUT2D eigenvalue weighted by molar-refractivity contribution is -0.114. The van der Waals surface area contributed by atoms with Crippen LogP contribution in [0.1, 0.15) is 28.4 Å². The number of rotatable bonds is 6. The van der Waals surface area contributed by atoms with Crippen LogP contribution < -0.4 is 10.6 Å². The lowest BCUT2D eigenvalue weighted by Gasteiger charge is -2.08. The number of hydrogen-bond donors (Lipinski definition) is 2. The first-order valence-electron chi connectivity index (χ1n) is 8.29. The van der Waals surface area contributed by atoms with E-state index in [2.05, 4.69) is 15.6 Å². The molecule has 0 fully saturated rings. The summed E-state index contributed by atoms with van der Waals surface area (Å²) >= 11 is 0. The number of benzene rings is 2. The second-order valence-electron chi connectivity index (χ2n) is 6.00. The number of carbonyl (C=O) groups excluding carboxylic acids is 2. The molecule has 2 amide bonds. The molecule has 3 aromatic rings.